The predicted molar refractivity (Wildman–Crippen MR) is 246 cm³/mol. The number of carbonyl (C=O) groups excluding carboxylic acids is 5. The van der Waals surface area contributed by atoms with Crippen LogP contribution in [0.2, 0.25) is 0 Å². The Balaban J connectivity index is 1.06. The van der Waals surface area contributed by atoms with E-state index < -0.39 is 17.7 Å². The zero-order valence-electron chi connectivity index (χ0n) is 33.9. The van der Waals surface area contributed by atoms with E-state index in [1.807, 2.05) is 24.3 Å². The van der Waals surface area contributed by atoms with Crippen LogP contribution in [0.1, 0.15) is 58.7 Å². The van der Waals surface area contributed by atoms with Gasteiger partial charge in [-0.25, -0.2) is 0 Å². The molecule has 0 bridgehead atoms. The van der Waals surface area contributed by atoms with Gasteiger partial charge in [-0.1, -0.05) is 31.9 Å². The third kappa shape index (κ3) is 10.4. The van der Waals surface area contributed by atoms with E-state index in [9.17, 15) is 24.0 Å². The summed E-state index contributed by atoms with van der Waals surface area (Å²) in [5, 5.41) is 23.8. The number of anilines is 5. The number of aromatic nitrogens is 4. The van der Waals surface area contributed by atoms with Crippen LogP contribution in [0.3, 0.4) is 0 Å². The van der Waals surface area contributed by atoms with Gasteiger partial charge in [0.15, 0.2) is 0 Å². The molecule has 19 heteroatoms. The van der Waals surface area contributed by atoms with Crippen molar-refractivity contribution in [1.82, 2.24) is 23.6 Å². The van der Waals surface area contributed by atoms with Gasteiger partial charge in [0.05, 0.1) is 22.9 Å². The fraction of sp³-hybridized carbons (Fsp3) is 0.238. The molecule has 4 aromatic heterocycles. The molecule has 5 amide bonds. The minimum absolute atomic E-state index is 0.0356. The summed E-state index contributed by atoms with van der Waals surface area (Å²) >= 11 is 6.99. The lowest BCUT2D eigenvalue weighted by atomic mass is 10.1. The van der Waals surface area contributed by atoms with Gasteiger partial charge < -0.3 is 55.5 Å². The van der Waals surface area contributed by atoms with Crippen molar-refractivity contribution in [1.29, 1.82) is 5.41 Å². The Bertz CT molecular complexity index is 2630. The van der Waals surface area contributed by atoms with Crippen molar-refractivity contribution in [3.63, 3.8) is 0 Å². The van der Waals surface area contributed by atoms with Crippen LogP contribution in [0, 0.1) is 5.41 Å². The number of aryl methyl sites for hydroxylation is 4. The molecule has 6 rings (SSSR count). The highest BCUT2D eigenvalue weighted by atomic mass is 79.9. The fourth-order valence-corrected chi connectivity index (χ4v) is 7.66. The van der Waals surface area contributed by atoms with Crippen LogP contribution < -0.4 is 37.2 Å². The second-order valence-electron chi connectivity index (χ2n) is 14.3. The Morgan fingerprint density at radius 2 is 1.08 bits per heavy atom. The standard InChI is InChI=1S/C42H46Br2N12O5/c1-52-22-28(19-33(52)39(58)47-14-11-37(45)46)49-40(59)34-20-29(23-53(34)2)50-41(60)35-21-30(24-54(35)3)51-42(61)36-18-26-17-27(7-10-32(26)55(36)4)48-38(57)25-5-8-31(9-6-25)56(15-12-43)16-13-44/h5-10,17-24H,11-16H2,1-4H3,(H3,45,46)(H,47,58)(H,48,57)(H,49,59)(H,50,60)(H,51,61). The summed E-state index contributed by atoms with van der Waals surface area (Å²) < 4.78 is 6.47. The number of hydrogen-bond acceptors (Lipinski definition) is 7. The number of hydrogen-bond donors (Lipinski definition) is 7. The van der Waals surface area contributed by atoms with Crippen molar-refractivity contribution in [3.8, 4) is 0 Å². The molecule has 0 radical (unpaired) electrons. The van der Waals surface area contributed by atoms with Gasteiger partial charge in [0.2, 0.25) is 0 Å². The van der Waals surface area contributed by atoms with Gasteiger partial charge >= 0.3 is 0 Å². The molecule has 0 unspecified atom stereocenters. The van der Waals surface area contributed by atoms with E-state index >= 15 is 0 Å². The van der Waals surface area contributed by atoms with Crippen molar-refractivity contribution < 1.29 is 24.0 Å². The van der Waals surface area contributed by atoms with Crippen LogP contribution in [0.5, 0.6) is 0 Å². The minimum atomic E-state index is -0.467. The SMILES string of the molecule is Cn1cc(NC(=O)c2cc(NC(=O)c3cc(NC(=O)c4cc5cc(NC(=O)c6ccc(N(CCBr)CCBr)cc6)ccc5n4C)cn3C)cn2C)cc1C(=O)NCCC(=N)N. The number of rotatable bonds is 17. The Kier molecular flexibility index (Phi) is 13.8. The first-order chi connectivity index (χ1) is 29.1. The number of nitrogens with two attached hydrogens (primary N) is 1. The Labute approximate surface area is 368 Å². The molecule has 0 aliphatic heterocycles. The van der Waals surface area contributed by atoms with Crippen molar-refractivity contribution in [3.05, 3.63) is 114 Å². The monoisotopic (exact) mass is 956 g/mol. The first-order valence-electron chi connectivity index (χ1n) is 19.1. The van der Waals surface area contributed by atoms with E-state index in [1.165, 1.54) is 12.1 Å². The van der Waals surface area contributed by atoms with Crippen LogP contribution in [0.25, 0.3) is 10.9 Å². The molecule has 4 heterocycles. The lowest BCUT2D eigenvalue weighted by molar-refractivity contribution is 0.0943. The molecular formula is C42H46Br2N12O5. The minimum Gasteiger partial charge on any atom is -0.388 e. The average molecular weight is 959 g/mol. The molecular weight excluding hydrogens is 912 g/mol. The van der Waals surface area contributed by atoms with Gasteiger partial charge in [-0.2, -0.15) is 0 Å². The summed E-state index contributed by atoms with van der Waals surface area (Å²) in [6.45, 7) is 1.89. The maximum absolute atomic E-state index is 13.6. The zero-order valence-corrected chi connectivity index (χ0v) is 37.1. The molecule has 0 saturated carbocycles. The first-order valence-corrected chi connectivity index (χ1v) is 21.3. The molecule has 0 spiro atoms. The highest BCUT2D eigenvalue weighted by molar-refractivity contribution is 9.09. The van der Waals surface area contributed by atoms with Gasteiger partial charge in [0.1, 0.15) is 22.8 Å². The second-order valence-corrected chi connectivity index (χ2v) is 15.9. The normalized spacial score (nSPS) is 11.0. The number of benzene rings is 2. The third-order valence-corrected chi connectivity index (χ3v) is 10.6. The van der Waals surface area contributed by atoms with Crippen LogP contribution in [-0.4, -0.2) is 83.9 Å². The maximum Gasteiger partial charge on any atom is 0.272 e. The van der Waals surface area contributed by atoms with Crippen molar-refractivity contribution >= 4 is 107 Å². The molecule has 8 N–H and O–H groups in total. The van der Waals surface area contributed by atoms with Crippen LogP contribution in [0.4, 0.5) is 28.4 Å². The molecule has 61 heavy (non-hydrogen) atoms. The van der Waals surface area contributed by atoms with Crippen LogP contribution in [-0.2, 0) is 28.2 Å². The number of nitrogens with one attached hydrogen (secondary N) is 6. The first kappa shape index (κ1) is 44.0. The van der Waals surface area contributed by atoms with E-state index in [2.05, 4.69) is 63.3 Å². The van der Waals surface area contributed by atoms with Crippen LogP contribution >= 0.6 is 31.9 Å². The summed E-state index contributed by atoms with van der Waals surface area (Å²) in [6, 6.07) is 19.3. The summed E-state index contributed by atoms with van der Waals surface area (Å²) in [5.41, 5.74) is 10.6. The van der Waals surface area contributed by atoms with Crippen molar-refractivity contribution in [2.75, 3.05) is 56.5 Å². The summed E-state index contributed by atoms with van der Waals surface area (Å²) in [5.74, 6) is -1.99. The number of nitrogens with zero attached hydrogens (tertiary/aromatic N) is 5. The van der Waals surface area contributed by atoms with Crippen molar-refractivity contribution in [2.45, 2.75) is 6.42 Å². The van der Waals surface area contributed by atoms with Crippen LogP contribution in [0.15, 0.2) is 85.3 Å². The van der Waals surface area contributed by atoms with Gasteiger partial charge in [-0.3, -0.25) is 29.4 Å². The van der Waals surface area contributed by atoms with E-state index in [-0.39, 0.29) is 42.0 Å². The average Bonchev–Trinajstić information content (AvgIpc) is 3.97. The lowest BCUT2D eigenvalue weighted by Crippen LogP contribution is -2.28. The Morgan fingerprint density at radius 3 is 1.57 bits per heavy atom. The largest absolute Gasteiger partial charge is 0.388 e. The quantitative estimate of drug-likeness (QED) is 0.0336. The maximum atomic E-state index is 13.6. The molecule has 0 saturated heterocycles. The molecule has 6 aromatic rings. The highest BCUT2D eigenvalue weighted by Gasteiger charge is 2.21. The Morgan fingerprint density at radius 1 is 0.607 bits per heavy atom. The number of alkyl halides is 2. The lowest BCUT2D eigenvalue weighted by Gasteiger charge is -2.23. The molecule has 0 fully saturated rings. The molecule has 318 valence electrons. The van der Waals surface area contributed by atoms with Gasteiger partial charge in [-0.15, -0.1) is 0 Å². The van der Waals surface area contributed by atoms with Gasteiger partial charge in [0.25, 0.3) is 29.5 Å². The van der Waals surface area contributed by atoms with Gasteiger partial charge in [-0.05, 0) is 66.7 Å². The summed E-state index contributed by atoms with van der Waals surface area (Å²) in [6.07, 6.45) is 5.04. The smallest absolute Gasteiger partial charge is 0.272 e. The fourth-order valence-electron chi connectivity index (χ4n) is 6.81. The molecule has 0 atom stereocenters. The molecule has 17 nitrogen and oxygen atoms in total. The number of amides is 5. The molecule has 0 aliphatic rings. The number of carbonyl (C=O) groups is 5. The van der Waals surface area contributed by atoms with Crippen molar-refractivity contribution in [2.24, 2.45) is 33.9 Å². The summed E-state index contributed by atoms with van der Waals surface area (Å²) in [7, 11) is 6.79. The predicted octanol–water partition coefficient (Wildman–Crippen LogP) is 5.86. The molecule has 0 aliphatic carbocycles. The Hall–Kier alpha value is -6.60. The van der Waals surface area contributed by atoms with Gasteiger partial charge in [0, 0.05) is 111 Å². The summed E-state index contributed by atoms with van der Waals surface area (Å²) in [4.78, 5) is 68.1. The van der Waals surface area contributed by atoms with E-state index in [1.54, 1.807) is 95.4 Å². The number of fused-ring (bicyclic) bond motifs is 1. The molecule has 2 aromatic carbocycles. The third-order valence-electron chi connectivity index (χ3n) is 9.90. The number of halogens is 2. The zero-order chi connectivity index (χ0) is 44.0. The second kappa shape index (κ2) is 19.2. The van der Waals surface area contributed by atoms with E-state index in [0.29, 0.717) is 39.7 Å². The van der Waals surface area contributed by atoms with E-state index in [4.69, 9.17) is 11.1 Å². The van der Waals surface area contributed by atoms with E-state index in [0.717, 1.165) is 40.3 Å². The highest BCUT2D eigenvalue weighted by Crippen LogP contribution is 2.26. The number of amidine groups is 1. The topological polar surface area (TPSA) is 218 Å².